The van der Waals surface area contributed by atoms with Crippen LogP contribution < -0.4 is 0 Å². The van der Waals surface area contributed by atoms with Crippen molar-refractivity contribution in [2.75, 3.05) is 0 Å². The number of aromatic nitrogens is 3. The van der Waals surface area contributed by atoms with Crippen molar-refractivity contribution in [2.45, 2.75) is 65.5 Å². The molecule has 1 aromatic rings. The molecule has 1 unspecified atom stereocenters. The molecule has 1 aliphatic carbocycles. The summed E-state index contributed by atoms with van der Waals surface area (Å²) in [5.74, 6) is 1.06. The highest BCUT2D eigenvalue weighted by molar-refractivity contribution is 4.96. The SMILES string of the molecule is CC(C)n1ncnc1C(O)C1CCC(C)(C)CC1. The Morgan fingerprint density at radius 1 is 1.33 bits per heavy atom. The fourth-order valence-corrected chi connectivity index (χ4v) is 2.82. The molecule has 1 fully saturated rings. The first-order valence-electron chi connectivity index (χ1n) is 6.98. The molecule has 1 aliphatic rings. The topological polar surface area (TPSA) is 50.9 Å². The first-order chi connectivity index (χ1) is 8.41. The summed E-state index contributed by atoms with van der Waals surface area (Å²) >= 11 is 0. The van der Waals surface area contributed by atoms with E-state index in [0.29, 0.717) is 11.3 Å². The minimum atomic E-state index is -0.467. The predicted octanol–water partition coefficient (Wildman–Crippen LogP) is 3.11. The van der Waals surface area contributed by atoms with E-state index in [2.05, 4.69) is 37.8 Å². The first-order valence-corrected chi connectivity index (χ1v) is 6.98. The van der Waals surface area contributed by atoms with Gasteiger partial charge in [-0.3, -0.25) is 0 Å². The lowest BCUT2D eigenvalue weighted by molar-refractivity contribution is 0.0467. The predicted molar refractivity (Wildman–Crippen MR) is 71.1 cm³/mol. The molecule has 1 N–H and O–H groups in total. The smallest absolute Gasteiger partial charge is 0.156 e. The Morgan fingerprint density at radius 3 is 2.50 bits per heavy atom. The largest absolute Gasteiger partial charge is 0.385 e. The van der Waals surface area contributed by atoms with Gasteiger partial charge in [-0.1, -0.05) is 13.8 Å². The third kappa shape index (κ3) is 2.74. The van der Waals surface area contributed by atoms with Crippen LogP contribution in [0.1, 0.15) is 71.3 Å². The lowest BCUT2D eigenvalue weighted by Gasteiger charge is -2.36. The molecular formula is C14H25N3O. The van der Waals surface area contributed by atoms with Crippen LogP contribution in [0.3, 0.4) is 0 Å². The van der Waals surface area contributed by atoms with Crippen LogP contribution in [0.2, 0.25) is 0 Å². The third-order valence-electron chi connectivity index (χ3n) is 4.18. The van der Waals surface area contributed by atoms with Crippen LogP contribution in [0.5, 0.6) is 0 Å². The van der Waals surface area contributed by atoms with E-state index in [1.807, 2.05) is 4.68 Å². The van der Waals surface area contributed by atoms with Crippen LogP contribution in [-0.2, 0) is 0 Å². The van der Waals surface area contributed by atoms with E-state index >= 15 is 0 Å². The number of hydrogen-bond donors (Lipinski definition) is 1. The highest BCUT2D eigenvalue weighted by Crippen LogP contribution is 2.42. The summed E-state index contributed by atoms with van der Waals surface area (Å²) in [5, 5.41) is 14.7. The van der Waals surface area contributed by atoms with Gasteiger partial charge in [-0.2, -0.15) is 5.10 Å². The maximum Gasteiger partial charge on any atom is 0.156 e. The lowest BCUT2D eigenvalue weighted by atomic mass is 9.71. The van der Waals surface area contributed by atoms with Crippen LogP contribution in [0.25, 0.3) is 0 Å². The van der Waals surface area contributed by atoms with E-state index in [4.69, 9.17) is 0 Å². The van der Waals surface area contributed by atoms with Crippen molar-refractivity contribution in [3.8, 4) is 0 Å². The quantitative estimate of drug-likeness (QED) is 0.898. The average molecular weight is 251 g/mol. The molecule has 0 aliphatic heterocycles. The molecule has 1 aromatic heterocycles. The third-order valence-corrected chi connectivity index (χ3v) is 4.18. The van der Waals surface area contributed by atoms with E-state index < -0.39 is 6.10 Å². The summed E-state index contributed by atoms with van der Waals surface area (Å²) in [6.45, 7) is 8.75. The maximum absolute atomic E-state index is 10.5. The van der Waals surface area contributed by atoms with Gasteiger partial charge in [0.15, 0.2) is 5.82 Å². The summed E-state index contributed by atoms with van der Waals surface area (Å²) in [6.07, 6.45) is 5.62. The van der Waals surface area contributed by atoms with E-state index in [0.717, 1.165) is 18.7 Å². The van der Waals surface area contributed by atoms with Crippen molar-refractivity contribution >= 4 is 0 Å². The zero-order valence-corrected chi connectivity index (χ0v) is 11.9. The minimum Gasteiger partial charge on any atom is -0.385 e. The second-order valence-electron chi connectivity index (χ2n) is 6.60. The van der Waals surface area contributed by atoms with Gasteiger partial charge in [-0.05, 0) is 50.9 Å². The Morgan fingerprint density at radius 2 is 1.94 bits per heavy atom. The van der Waals surface area contributed by atoms with Gasteiger partial charge >= 0.3 is 0 Å². The van der Waals surface area contributed by atoms with Crippen molar-refractivity contribution < 1.29 is 5.11 Å². The highest BCUT2D eigenvalue weighted by Gasteiger charge is 2.33. The van der Waals surface area contributed by atoms with Gasteiger partial charge in [-0.25, -0.2) is 9.67 Å². The van der Waals surface area contributed by atoms with Crippen molar-refractivity contribution in [1.82, 2.24) is 14.8 Å². The molecule has 0 saturated heterocycles. The van der Waals surface area contributed by atoms with Gasteiger partial charge < -0.3 is 5.11 Å². The molecular weight excluding hydrogens is 226 g/mol. The standard InChI is InChI=1S/C14H25N3O/c1-10(2)17-13(15-9-16-17)12(18)11-5-7-14(3,4)8-6-11/h9-12,18H,5-8H2,1-4H3. The summed E-state index contributed by atoms with van der Waals surface area (Å²) in [6, 6.07) is 0.247. The van der Waals surface area contributed by atoms with E-state index in [-0.39, 0.29) is 6.04 Å². The summed E-state index contributed by atoms with van der Waals surface area (Å²) < 4.78 is 1.84. The molecule has 18 heavy (non-hydrogen) atoms. The fourth-order valence-electron chi connectivity index (χ4n) is 2.82. The van der Waals surface area contributed by atoms with Crippen LogP contribution in [-0.4, -0.2) is 19.9 Å². The molecule has 2 rings (SSSR count). The monoisotopic (exact) mass is 251 g/mol. The van der Waals surface area contributed by atoms with Gasteiger partial charge in [0.2, 0.25) is 0 Å². The minimum absolute atomic E-state index is 0.247. The Bertz CT molecular complexity index is 387. The summed E-state index contributed by atoms with van der Waals surface area (Å²) in [5.41, 5.74) is 0.432. The first kappa shape index (κ1) is 13.5. The van der Waals surface area contributed by atoms with Crippen molar-refractivity contribution in [1.29, 1.82) is 0 Å². The highest BCUT2D eigenvalue weighted by atomic mass is 16.3. The molecule has 1 heterocycles. The Hall–Kier alpha value is -0.900. The lowest BCUT2D eigenvalue weighted by Crippen LogP contribution is -2.27. The number of aliphatic hydroxyl groups is 1. The molecule has 102 valence electrons. The Labute approximate surface area is 109 Å². The van der Waals surface area contributed by atoms with Crippen molar-refractivity contribution in [2.24, 2.45) is 11.3 Å². The van der Waals surface area contributed by atoms with Crippen LogP contribution in [0.4, 0.5) is 0 Å². The van der Waals surface area contributed by atoms with Crippen LogP contribution in [0.15, 0.2) is 6.33 Å². The molecule has 4 heteroatoms. The normalized spacial score (nSPS) is 22.3. The second kappa shape index (κ2) is 5.00. The van der Waals surface area contributed by atoms with Crippen LogP contribution >= 0.6 is 0 Å². The van der Waals surface area contributed by atoms with Gasteiger partial charge in [0.1, 0.15) is 12.4 Å². The van der Waals surface area contributed by atoms with Gasteiger partial charge in [0, 0.05) is 6.04 Å². The molecule has 1 atom stereocenters. The van der Waals surface area contributed by atoms with Gasteiger partial charge in [0.05, 0.1) is 0 Å². The molecule has 0 aromatic carbocycles. The molecule has 0 bridgehead atoms. The molecule has 4 nitrogen and oxygen atoms in total. The fraction of sp³-hybridized carbons (Fsp3) is 0.857. The number of aliphatic hydroxyl groups excluding tert-OH is 1. The Kier molecular flexibility index (Phi) is 3.76. The molecule has 0 spiro atoms. The van der Waals surface area contributed by atoms with E-state index in [9.17, 15) is 5.11 Å². The van der Waals surface area contributed by atoms with Gasteiger partial charge in [-0.15, -0.1) is 0 Å². The Balaban J connectivity index is 2.08. The van der Waals surface area contributed by atoms with Gasteiger partial charge in [0.25, 0.3) is 0 Å². The van der Waals surface area contributed by atoms with E-state index in [1.165, 1.54) is 12.8 Å². The summed E-state index contributed by atoms with van der Waals surface area (Å²) in [7, 11) is 0. The number of hydrogen-bond acceptors (Lipinski definition) is 3. The maximum atomic E-state index is 10.5. The summed E-state index contributed by atoms with van der Waals surface area (Å²) in [4.78, 5) is 4.25. The zero-order chi connectivity index (χ0) is 13.3. The molecule has 0 radical (unpaired) electrons. The van der Waals surface area contributed by atoms with E-state index in [1.54, 1.807) is 6.33 Å². The average Bonchev–Trinajstić information content (AvgIpc) is 2.77. The number of nitrogens with zero attached hydrogens (tertiary/aromatic N) is 3. The van der Waals surface area contributed by atoms with Crippen molar-refractivity contribution in [3.63, 3.8) is 0 Å². The molecule has 0 amide bonds. The number of rotatable bonds is 3. The molecule has 1 saturated carbocycles. The zero-order valence-electron chi connectivity index (χ0n) is 11.9. The van der Waals surface area contributed by atoms with Crippen LogP contribution in [0, 0.1) is 11.3 Å². The van der Waals surface area contributed by atoms with Crippen molar-refractivity contribution in [3.05, 3.63) is 12.2 Å². The second-order valence-corrected chi connectivity index (χ2v) is 6.60.